The molecule has 2 amide bonds. The van der Waals surface area contributed by atoms with Crippen LogP contribution in [0.2, 0.25) is 0 Å². The second kappa shape index (κ2) is 44.6. The van der Waals surface area contributed by atoms with Gasteiger partial charge in [0, 0.05) is 48.8 Å². The molecule has 0 aliphatic carbocycles. The Morgan fingerprint density at radius 3 is 1.54 bits per heavy atom. The molecule has 2 saturated heterocycles. The molecule has 1 atom stereocenters. The Morgan fingerprint density at radius 1 is 1.06 bits per heavy atom. The zero-order chi connectivity index (χ0) is 43.2. The molecule has 0 bridgehead atoms. The van der Waals surface area contributed by atoms with Crippen LogP contribution in [0.1, 0.15) is 82.4 Å². The largest absolute Gasteiger partial charge is 2.00 e. The van der Waals surface area contributed by atoms with E-state index in [0.29, 0.717) is 28.6 Å². The van der Waals surface area contributed by atoms with E-state index in [-0.39, 0.29) is 63.9 Å². The summed E-state index contributed by atoms with van der Waals surface area (Å²) in [5.41, 5.74) is 2.07. The van der Waals surface area contributed by atoms with E-state index in [1.54, 1.807) is 32.3 Å². The Morgan fingerprint density at radius 2 is 1.46 bits per heavy atom. The van der Waals surface area contributed by atoms with Gasteiger partial charge in [-0.1, -0.05) is 46.6 Å². The van der Waals surface area contributed by atoms with Gasteiger partial charge in [-0.2, -0.15) is 6.92 Å². The van der Waals surface area contributed by atoms with Crippen LogP contribution >= 0.6 is 0 Å². The molecule has 3 aliphatic heterocycles. The van der Waals surface area contributed by atoms with Crippen molar-refractivity contribution in [3.05, 3.63) is 82.7 Å². The number of hydrogen-bond acceptors (Lipinski definition) is 11. The van der Waals surface area contributed by atoms with E-state index in [0.717, 1.165) is 56.7 Å². The number of carbonyl (C=O) groups excluding carboxylic acids is 6. The Kier molecular flexibility index (Phi) is 54.6. The monoisotopic (exact) mass is 1110 g/mol. The zero-order valence-corrected chi connectivity index (χ0v) is 40.6. The van der Waals surface area contributed by atoms with Crippen LogP contribution in [-0.2, 0) is 88.1 Å². The van der Waals surface area contributed by atoms with Crippen LogP contribution in [0.5, 0.6) is 0 Å². The third-order valence-electron chi connectivity index (χ3n) is 6.12. The normalized spacial score (nSPS) is 14.8. The van der Waals surface area contributed by atoms with Crippen molar-refractivity contribution in [1.82, 2.24) is 4.90 Å². The molecule has 312 valence electrons. The first kappa shape index (κ1) is 66.1. The van der Waals surface area contributed by atoms with Crippen LogP contribution < -0.4 is 0 Å². The van der Waals surface area contributed by atoms with Gasteiger partial charge in [0.15, 0.2) is 5.78 Å². The molecule has 0 aromatic carbocycles. The summed E-state index contributed by atoms with van der Waals surface area (Å²) in [6.07, 6.45) is 7.72. The number of hydrogen-bond donors (Lipinski definition) is 1. The third kappa shape index (κ3) is 39.0. The van der Waals surface area contributed by atoms with Crippen LogP contribution in [0.4, 0.5) is 0 Å². The van der Waals surface area contributed by atoms with E-state index in [2.05, 4.69) is 52.3 Å². The molecule has 3 heterocycles. The molecule has 54 heavy (non-hydrogen) atoms. The number of methoxy groups -OCH3 is 2. The van der Waals surface area contributed by atoms with Crippen LogP contribution in [0, 0.1) is 26.9 Å². The minimum absolute atomic E-state index is 0. The summed E-state index contributed by atoms with van der Waals surface area (Å²) in [5, 5.41) is 7.44. The quantitative estimate of drug-likeness (QED) is 0.0906. The average molecular weight is 1110 g/mol. The number of cyclic esters (lactones) is 1. The standard InChI is InChI=1S/C7H9NO2.C7H10O2.C6H12O2.C4H6O2.2C4H6O.C4H8.C2H5O.2CH3.2W/c1-4-5(2)7(10)8(3)6(4)9;1-3-6-4-5(2)7(8)9-6;1-6(3-7-2)4-8-5-6;1-3-4(5)6-2;2*1-3-4(2)5;1-3-4-2;1-2-3;;;;/h1-3H3;6H,2-4H2,1H3;3-5H2,1-2H3;3H,1H2,2H3;2H,3H2,1H3;3H,1H2,2H3;3H,1,4H2,2H3;2-3H,1H3;2*1H3;;/q;;;;;;;3*-1;;+2/i;;;;;;;;1D;;;. The molecule has 1 unspecified atom stereocenters. The van der Waals surface area contributed by atoms with Gasteiger partial charge in [0.05, 0.1) is 26.9 Å². The number of allylic oxidation sites excluding steroid dienone is 2. The second-order valence-corrected chi connectivity index (χ2v) is 11.7. The number of carbonyl (C=O) groups is 6. The van der Waals surface area contributed by atoms with Gasteiger partial charge in [-0.25, -0.2) is 17.6 Å². The maximum Gasteiger partial charge on any atom is 2.00 e. The molecule has 12 nitrogen and oxygen atoms in total. The Labute approximate surface area is 353 Å². The molecule has 0 saturated carbocycles. The molecule has 3 aliphatic rings. The fraction of sp³-hybridized carbons (Fsp3) is 0.500. The van der Waals surface area contributed by atoms with E-state index in [4.69, 9.17) is 20.7 Å². The van der Waals surface area contributed by atoms with Gasteiger partial charge in [-0.05, 0) is 39.7 Å². The van der Waals surface area contributed by atoms with Gasteiger partial charge in [0.2, 0.25) is 0 Å². The predicted octanol–water partition coefficient (Wildman–Crippen LogP) is 6.70. The SMILES string of the molecule is C=C1CC(CC)OC1=O.C=CC(=O)OC.C=CC(C)=O.C=CCC.CC1=C(C)C(=O)N(C)C1=O.CCC(=O)[CH]=[W].COCC1(C)COC1.C[CH-]O.[2H][CH2-].[CH3-].[W+2]. The Hall–Kier alpha value is -2.75. The van der Waals surface area contributed by atoms with E-state index in [1.807, 2.05) is 19.9 Å². The molecule has 0 aromatic rings. The number of amides is 2. The van der Waals surface area contributed by atoms with Crippen molar-refractivity contribution in [1.29, 1.82) is 0 Å². The van der Waals surface area contributed by atoms with E-state index in [1.165, 1.54) is 46.5 Å². The molecule has 1 N–H and O–H groups in total. The Balaban J connectivity index is -0.0000000774. The number of rotatable bonds is 8. The number of imide groups is 1. The molecule has 0 radical (unpaired) electrons. The molecule has 0 aromatic heterocycles. The van der Waals surface area contributed by atoms with Gasteiger partial charge in [-0.3, -0.25) is 19.3 Å². The molecule has 14 heteroatoms. The van der Waals surface area contributed by atoms with Crippen molar-refractivity contribution in [3.63, 3.8) is 0 Å². The summed E-state index contributed by atoms with van der Waals surface area (Å²) >= 11 is 1.25. The summed E-state index contributed by atoms with van der Waals surface area (Å²) < 4.78 is 26.2. The van der Waals surface area contributed by atoms with Crippen molar-refractivity contribution in [2.45, 2.75) is 87.2 Å². The average Bonchev–Trinajstić information content (AvgIpc) is 3.57. The van der Waals surface area contributed by atoms with Crippen LogP contribution in [0.25, 0.3) is 0 Å². The molecular formula is C40H68NO11W2-. The number of ether oxygens (including phenoxy) is 4. The fourth-order valence-electron chi connectivity index (χ4n) is 2.83. The minimum Gasteiger partial charge on any atom is -0.566 e. The van der Waals surface area contributed by atoms with E-state index < -0.39 is 5.97 Å². The second-order valence-electron chi connectivity index (χ2n) is 10.8. The van der Waals surface area contributed by atoms with Crippen LogP contribution in [-0.4, -0.2) is 96.9 Å². The number of ketones is 2. The molecular weight excluding hydrogens is 1040 g/mol. The summed E-state index contributed by atoms with van der Waals surface area (Å²) in [7, 11) is 7.03. The molecule has 0 spiro atoms. The van der Waals surface area contributed by atoms with E-state index >= 15 is 0 Å². The van der Waals surface area contributed by atoms with Gasteiger partial charge in [-0.15, -0.1) is 6.58 Å². The van der Waals surface area contributed by atoms with Crippen molar-refractivity contribution in [3.8, 4) is 0 Å². The first-order chi connectivity index (χ1) is 24.8. The van der Waals surface area contributed by atoms with Crippen molar-refractivity contribution < 1.29 is 94.6 Å². The van der Waals surface area contributed by atoms with Crippen molar-refractivity contribution in [2.75, 3.05) is 41.1 Å². The Bertz CT molecular complexity index is 1110. The van der Waals surface area contributed by atoms with Crippen LogP contribution in [0.15, 0.2) is 61.3 Å². The van der Waals surface area contributed by atoms with Gasteiger partial charge < -0.3 is 38.9 Å². The van der Waals surface area contributed by atoms with Crippen LogP contribution in [0.3, 0.4) is 0 Å². The number of nitrogens with zero attached hydrogens (tertiary/aromatic N) is 1. The minimum atomic E-state index is -0.394. The number of aliphatic hydroxyl groups excluding tert-OH is 1. The summed E-state index contributed by atoms with van der Waals surface area (Å²) in [6, 6.07) is 0. The number of esters is 2. The predicted molar refractivity (Wildman–Crippen MR) is 211 cm³/mol. The first-order valence-corrected chi connectivity index (χ1v) is 17.8. The van der Waals surface area contributed by atoms with Crippen molar-refractivity contribution >= 4 is 39.7 Å². The topological polar surface area (TPSA) is 163 Å². The van der Waals surface area contributed by atoms with Gasteiger partial charge >= 0.3 is 80.7 Å². The molecule has 2 fully saturated rings. The maximum absolute atomic E-state index is 11.0. The van der Waals surface area contributed by atoms with Gasteiger partial charge in [0.1, 0.15) is 6.10 Å². The summed E-state index contributed by atoms with van der Waals surface area (Å²) in [4.78, 5) is 63.4. The third-order valence-corrected chi connectivity index (χ3v) is 7.07. The fourth-order valence-corrected chi connectivity index (χ4v) is 3.43. The van der Waals surface area contributed by atoms with Gasteiger partial charge in [0.25, 0.3) is 11.8 Å². The van der Waals surface area contributed by atoms with Crippen molar-refractivity contribution in [2.24, 2.45) is 5.41 Å². The summed E-state index contributed by atoms with van der Waals surface area (Å²) in [5.74, 6) is -0.697. The van der Waals surface area contributed by atoms with E-state index in [9.17, 15) is 28.8 Å². The molecule has 3 rings (SSSR count). The number of aliphatic hydroxyl groups is 1. The first-order valence-electron chi connectivity index (χ1n) is 16.8. The number of Topliss-reactive ketones (excluding diaryl/α,β-unsaturated/α-hetero) is 1. The smallest absolute Gasteiger partial charge is 0.566 e. The maximum atomic E-state index is 11.0. The summed E-state index contributed by atoms with van der Waals surface area (Å²) in [6.45, 7) is 31.4. The zero-order valence-electron chi connectivity index (χ0n) is 35.7. The number of likely N-dealkylation sites (N-methyl/N-ethyl adjacent to an activating group) is 1.